The van der Waals surface area contributed by atoms with Crippen molar-refractivity contribution in [2.45, 2.75) is 6.92 Å². The highest BCUT2D eigenvalue weighted by Gasteiger charge is 2.23. The molecule has 4 rings (SSSR count). The second kappa shape index (κ2) is 10.0. The summed E-state index contributed by atoms with van der Waals surface area (Å²) >= 11 is 17.9. The van der Waals surface area contributed by atoms with Gasteiger partial charge in [0.15, 0.2) is 10.9 Å². The van der Waals surface area contributed by atoms with Gasteiger partial charge in [-0.3, -0.25) is 20.2 Å². The first-order valence-corrected chi connectivity index (χ1v) is 11.5. The van der Waals surface area contributed by atoms with Crippen molar-refractivity contribution in [1.29, 1.82) is 0 Å². The van der Waals surface area contributed by atoms with Gasteiger partial charge in [-0.15, -0.1) is 0 Å². The molecule has 11 heteroatoms. The number of amides is 1. The Morgan fingerprint density at radius 1 is 1.06 bits per heavy atom. The lowest BCUT2D eigenvalue weighted by Crippen LogP contribution is -2.52. The second-order valence-corrected chi connectivity index (χ2v) is 8.96. The molecule has 1 N–H and O–H groups in total. The van der Waals surface area contributed by atoms with Crippen LogP contribution in [0, 0.1) is 17.0 Å². The SMILES string of the molecule is Cc1ccc(-c2ccc(C(=O)NC(=S)N3CCN(c4ccc([N+](=O)[O-])cc4Cl)CC3)o2)cc1Cl. The van der Waals surface area contributed by atoms with E-state index in [9.17, 15) is 14.9 Å². The van der Waals surface area contributed by atoms with Crippen molar-refractivity contribution in [3.8, 4) is 11.3 Å². The maximum atomic E-state index is 12.7. The Morgan fingerprint density at radius 2 is 1.79 bits per heavy atom. The number of benzene rings is 2. The Kier molecular flexibility index (Phi) is 7.06. The van der Waals surface area contributed by atoms with Crippen molar-refractivity contribution in [2.24, 2.45) is 0 Å². The number of furan rings is 1. The molecule has 34 heavy (non-hydrogen) atoms. The Labute approximate surface area is 211 Å². The number of rotatable bonds is 4. The molecule has 1 aromatic heterocycles. The van der Waals surface area contributed by atoms with Gasteiger partial charge in [0, 0.05) is 48.9 Å². The van der Waals surface area contributed by atoms with Gasteiger partial charge in [-0.1, -0.05) is 35.3 Å². The molecule has 176 valence electrons. The summed E-state index contributed by atoms with van der Waals surface area (Å²) in [5.74, 6) is 0.243. The van der Waals surface area contributed by atoms with Crippen LogP contribution in [0.1, 0.15) is 16.1 Å². The minimum absolute atomic E-state index is 0.0529. The van der Waals surface area contributed by atoms with Crippen LogP contribution in [0.2, 0.25) is 10.0 Å². The highest BCUT2D eigenvalue weighted by atomic mass is 35.5. The lowest BCUT2D eigenvalue weighted by Gasteiger charge is -2.37. The van der Waals surface area contributed by atoms with Crippen LogP contribution in [0.3, 0.4) is 0 Å². The molecule has 1 amide bonds. The van der Waals surface area contributed by atoms with Gasteiger partial charge >= 0.3 is 0 Å². The van der Waals surface area contributed by atoms with E-state index in [4.69, 9.17) is 39.8 Å². The molecule has 3 aromatic rings. The average molecular weight is 519 g/mol. The zero-order chi connectivity index (χ0) is 24.4. The molecule has 1 fully saturated rings. The second-order valence-electron chi connectivity index (χ2n) is 7.75. The van der Waals surface area contributed by atoms with Gasteiger partial charge < -0.3 is 14.2 Å². The van der Waals surface area contributed by atoms with Crippen LogP contribution in [-0.2, 0) is 0 Å². The monoisotopic (exact) mass is 518 g/mol. The number of nitro benzene ring substituents is 1. The van der Waals surface area contributed by atoms with Crippen LogP contribution >= 0.6 is 35.4 Å². The predicted octanol–water partition coefficient (Wildman–Crippen LogP) is 5.31. The molecule has 1 saturated heterocycles. The largest absolute Gasteiger partial charge is 0.451 e. The fourth-order valence-corrected chi connectivity index (χ4v) is 4.37. The molecule has 0 atom stereocenters. The molecule has 0 bridgehead atoms. The third-order valence-corrected chi connectivity index (χ3v) is 6.63. The number of hydrogen-bond donors (Lipinski definition) is 1. The minimum atomic E-state index is -0.480. The van der Waals surface area contributed by atoms with Gasteiger partial charge in [-0.25, -0.2) is 0 Å². The van der Waals surface area contributed by atoms with E-state index in [2.05, 4.69) is 5.32 Å². The number of hydrogen-bond acceptors (Lipinski definition) is 6. The molecule has 0 unspecified atom stereocenters. The summed E-state index contributed by atoms with van der Waals surface area (Å²) in [4.78, 5) is 27.0. The van der Waals surface area contributed by atoms with E-state index >= 15 is 0 Å². The molecule has 0 radical (unpaired) electrons. The molecule has 0 spiro atoms. The third kappa shape index (κ3) is 5.16. The van der Waals surface area contributed by atoms with Crippen LogP contribution in [0.25, 0.3) is 11.3 Å². The Morgan fingerprint density at radius 3 is 2.44 bits per heavy atom. The van der Waals surface area contributed by atoms with E-state index in [0.29, 0.717) is 47.1 Å². The number of thiocarbonyl (C=S) groups is 1. The summed E-state index contributed by atoms with van der Waals surface area (Å²) < 4.78 is 5.71. The van der Waals surface area contributed by atoms with Crippen molar-refractivity contribution >= 4 is 57.8 Å². The van der Waals surface area contributed by atoms with Gasteiger partial charge in [-0.2, -0.15) is 0 Å². The molecular weight excluding hydrogens is 499 g/mol. The number of nitrogens with one attached hydrogen (secondary N) is 1. The summed E-state index contributed by atoms with van der Waals surface area (Å²) in [5, 5.41) is 14.9. The fraction of sp³-hybridized carbons (Fsp3) is 0.217. The van der Waals surface area contributed by atoms with Crippen LogP contribution in [-0.4, -0.2) is 47.0 Å². The highest BCUT2D eigenvalue weighted by molar-refractivity contribution is 7.80. The number of aryl methyl sites for hydroxylation is 1. The molecule has 0 saturated carbocycles. The van der Waals surface area contributed by atoms with E-state index in [1.54, 1.807) is 24.3 Å². The first kappa shape index (κ1) is 24.0. The predicted molar refractivity (Wildman–Crippen MR) is 136 cm³/mol. The standard InChI is InChI=1S/C23H20Cl2N4O4S/c1-14-2-3-15(12-17(14)24)20-6-7-21(33-20)22(30)26-23(34)28-10-8-27(9-11-28)19-5-4-16(29(31)32)13-18(19)25/h2-7,12-13H,8-11H2,1H3,(H,26,30,34). The van der Waals surface area contributed by atoms with Gasteiger partial charge in [0.25, 0.3) is 11.6 Å². The summed E-state index contributed by atoms with van der Waals surface area (Å²) in [6.45, 7) is 4.20. The van der Waals surface area contributed by atoms with Gasteiger partial charge in [-0.05, 0) is 49.0 Å². The molecular formula is C23H20Cl2N4O4S. The van der Waals surface area contributed by atoms with E-state index in [0.717, 1.165) is 16.8 Å². The molecule has 2 heterocycles. The quantitative estimate of drug-likeness (QED) is 0.284. The summed E-state index contributed by atoms with van der Waals surface area (Å²) in [7, 11) is 0. The van der Waals surface area contributed by atoms with Gasteiger partial charge in [0.2, 0.25) is 0 Å². The Bertz CT molecular complexity index is 1270. The summed E-state index contributed by atoms with van der Waals surface area (Å²) in [6.07, 6.45) is 0. The van der Waals surface area contributed by atoms with Crippen LogP contribution < -0.4 is 10.2 Å². The van der Waals surface area contributed by atoms with Crippen molar-refractivity contribution in [3.63, 3.8) is 0 Å². The molecule has 0 aliphatic carbocycles. The number of carbonyl (C=O) groups excluding carboxylic acids is 1. The fourth-order valence-electron chi connectivity index (χ4n) is 3.62. The minimum Gasteiger partial charge on any atom is -0.451 e. The summed E-state index contributed by atoms with van der Waals surface area (Å²) in [5.41, 5.74) is 2.40. The number of halogens is 2. The van der Waals surface area contributed by atoms with Crippen molar-refractivity contribution in [2.75, 3.05) is 31.1 Å². The molecule has 1 aliphatic rings. The van der Waals surface area contributed by atoms with E-state index < -0.39 is 10.8 Å². The normalized spacial score (nSPS) is 13.6. The molecule has 2 aromatic carbocycles. The number of nitrogens with zero attached hydrogens (tertiary/aromatic N) is 3. The number of non-ortho nitro benzene ring substituents is 1. The van der Waals surface area contributed by atoms with Crippen molar-refractivity contribution in [3.05, 3.63) is 80.0 Å². The lowest BCUT2D eigenvalue weighted by atomic mass is 10.1. The van der Waals surface area contributed by atoms with Crippen molar-refractivity contribution in [1.82, 2.24) is 10.2 Å². The first-order chi connectivity index (χ1) is 16.2. The highest BCUT2D eigenvalue weighted by Crippen LogP contribution is 2.30. The zero-order valence-corrected chi connectivity index (χ0v) is 20.4. The van der Waals surface area contributed by atoms with Crippen molar-refractivity contribution < 1.29 is 14.1 Å². The first-order valence-electron chi connectivity index (χ1n) is 10.4. The van der Waals surface area contributed by atoms with Crippen LogP contribution in [0.15, 0.2) is 52.9 Å². The number of carbonyl (C=O) groups is 1. The van der Waals surface area contributed by atoms with E-state index in [1.165, 1.54) is 12.1 Å². The van der Waals surface area contributed by atoms with Gasteiger partial charge in [0.1, 0.15) is 5.76 Å². The Balaban J connectivity index is 1.34. The Hall–Kier alpha value is -3.14. The maximum Gasteiger partial charge on any atom is 0.293 e. The number of anilines is 1. The smallest absolute Gasteiger partial charge is 0.293 e. The van der Waals surface area contributed by atoms with E-state index in [-0.39, 0.29) is 11.4 Å². The molecule has 8 nitrogen and oxygen atoms in total. The average Bonchev–Trinajstić information content (AvgIpc) is 3.31. The van der Waals surface area contributed by atoms with Crippen LogP contribution in [0.5, 0.6) is 0 Å². The number of nitro groups is 1. The summed E-state index contributed by atoms with van der Waals surface area (Å²) in [6, 6.07) is 13.3. The number of piperazine rings is 1. The topological polar surface area (TPSA) is 91.9 Å². The maximum absolute atomic E-state index is 12.7. The van der Waals surface area contributed by atoms with E-state index in [1.807, 2.05) is 28.9 Å². The van der Waals surface area contributed by atoms with Gasteiger partial charge in [0.05, 0.1) is 15.6 Å². The lowest BCUT2D eigenvalue weighted by molar-refractivity contribution is -0.384. The molecule has 1 aliphatic heterocycles. The van der Waals surface area contributed by atoms with Crippen LogP contribution in [0.4, 0.5) is 11.4 Å². The zero-order valence-electron chi connectivity index (χ0n) is 18.1. The third-order valence-electron chi connectivity index (χ3n) is 5.56.